The molecule has 0 aromatic heterocycles. The fourth-order valence-electron chi connectivity index (χ4n) is 5.39. The zero-order valence-electron chi connectivity index (χ0n) is 22.8. The third-order valence-electron chi connectivity index (χ3n) is 7.30. The highest BCUT2D eigenvalue weighted by atomic mass is 35.5. The fraction of sp³-hybridized carbons (Fsp3) is 0.250. The van der Waals surface area contributed by atoms with Crippen molar-refractivity contribution in [3.05, 3.63) is 107 Å². The Balaban J connectivity index is 1.39. The zero-order chi connectivity index (χ0) is 29.0. The highest BCUT2D eigenvalue weighted by Gasteiger charge is 2.36. The summed E-state index contributed by atoms with van der Waals surface area (Å²) >= 11 is 6.24. The number of halogens is 1. The van der Waals surface area contributed by atoms with Gasteiger partial charge in [-0.1, -0.05) is 78.3 Å². The van der Waals surface area contributed by atoms with Crippen LogP contribution in [0.15, 0.2) is 95.9 Å². The standard InChI is InChI=1S/C32H32ClN3O4S/c1-2-34-32(38)28(21-23-10-4-3-5-11-23)35(22-24-12-6-15-26(33)20-24)30(37)18-9-19-36-27-16-7-13-25-14-8-17-29(31(25)27)41(36,39)40/h3-8,10-17,20,28H,2,9,18-19,21-22H2,1H3,(H,34,38)/t28-/m0/s1. The van der Waals surface area contributed by atoms with Gasteiger partial charge < -0.3 is 10.2 Å². The summed E-state index contributed by atoms with van der Waals surface area (Å²) in [7, 11) is -3.72. The first-order valence-electron chi connectivity index (χ1n) is 13.7. The van der Waals surface area contributed by atoms with E-state index in [9.17, 15) is 18.0 Å². The second kappa shape index (κ2) is 12.3. The number of sulfonamides is 1. The van der Waals surface area contributed by atoms with Gasteiger partial charge in [-0.2, -0.15) is 0 Å². The molecular formula is C32H32ClN3O4S. The lowest BCUT2D eigenvalue weighted by Crippen LogP contribution is -2.50. The van der Waals surface area contributed by atoms with Crippen molar-refractivity contribution in [1.29, 1.82) is 0 Å². The molecule has 9 heteroatoms. The maximum atomic E-state index is 13.9. The van der Waals surface area contributed by atoms with Gasteiger partial charge in [-0.3, -0.25) is 13.9 Å². The van der Waals surface area contributed by atoms with Crippen LogP contribution in [-0.4, -0.2) is 44.3 Å². The minimum absolute atomic E-state index is 0.0730. The van der Waals surface area contributed by atoms with E-state index in [1.165, 1.54) is 4.31 Å². The van der Waals surface area contributed by atoms with Crippen LogP contribution in [0.2, 0.25) is 5.02 Å². The summed E-state index contributed by atoms with van der Waals surface area (Å²) in [6.45, 7) is 2.62. The molecule has 2 amide bonds. The van der Waals surface area contributed by atoms with Crippen molar-refractivity contribution in [1.82, 2.24) is 10.2 Å². The molecule has 4 aromatic rings. The Morgan fingerprint density at radius 3 is 2.37 bits per heavy atom. The van der Waals surface area contributed by atoms with E-state index in [0.29, 0.717) is 40.4 Å². The molecule has 0 aliphatic carbocycles. The van der Waals surface area contributed by atoms with Crippen LogP contribution in [0.5, 0.6) is 0 Å². The van der Waals surface area contributed by atoms with Gasteiger partial charge in [0.25, 0.3) is 10.0 Å². The number of benzene rings is 4. The van der Waals surface area contributed by atoms with Crippen LogP contribution in [0.1, 0.15) is 30.9 Å². The summed E-state index contributed by atoms with van der Waals surface area (Å²) in [6, 6.07) is 26.9. The van der Waals surface area contributed by atoms with E-state index in [4.69, 9.17) is 11.6 Å². The van der Waals surface area contributed by atoms with Gasteiger partial charge in [-0.05, 0) is 54.1 Å². The van der Waals surface area contributed by atoms with Gasteiger partial charge in [0, 0.05) is 42.9 Å². The maximum Gasteiger partial charge on any atom is 0.265 e. The summed E-state index contributed by atoms with van der Waals surface area (Å²) in [6.07, 6.45) is 0.711. The van der Waals surface area contributed by atoms with Gasteiger partial charge in [0.15, 0.2) is 0 Å². The number of hydrogen-bond donors (Lipinski definition) is 1. The summed E-state index contributed by atoms with van der Waals surface area (Å²) in [5, 5.41) is 5.00. The highest BCUT2D eigenvalue weighted by Crippen LogP contribution is 2.42. The average molecular weight is 590 g/mol. The molecule has 0 bridgehead atoms. The Morgan fingerprint density at radius 1 is 0.927 bits per heavy atom. The van der Waals surface area contributed by atoms with E-state index in [1.807, 2.05) is 67.6 Å². The highest BCUT2D eigenvalue weighted by molar-refractivity contribution is 7.93. The number of rotatable bonds is 11. The number of nitrogens with zero attached hydrogens (tertiary/aromatic N) is 2. The Morgan fingerprint density at radius 2 is 1.63 bits per heavy atom. The first-order valence-corrected chi connectivity index (χ1v) is 15.5. The molecule has 0 spiro atoms. The Labute approximate surface area is 245 Å². The molecule has 4 aromatic carbocycles. The topological polar surface area (TPSA) is 86.8 Å². The molecule has 212 valence electrons. The first kappa shape index (κ1) is 28.6. The average Bonchev–Trinajstić information content (AvgIpc) is 3.18. The minimum atomic E-state index is -3.72. The van der Waals surface area contributed by atoms with Gasteiger partial charge in [0.2, 0.25) is 11.8 Å². The number of likely N-dealkylation sites (N-methyl/N-ethyl adjacent to an activating group) is 1. The van der Waals surface area contributed by atoms with Crippen LogP contribution < -0.4 is 9.62 Å². The van der Waals surface area contributed by atoms with E-state index in [-0.39, 0.29) is 31.3 Å². The Hall–Kier alpha value is -3.88. The number of hydrogen-bond acceptors (Lipinski definition) is 4. The fourth-order valence-corrected chi connectivity index (χ4v) is 7.36. The van der Waals surface area contributed by atoms with Crippen molar-refractivity contribution >= 4 is 49.9 Å². The summed E-state index contributed by atoms with van der Waals surface area (Å²) < 4.78 is 28.2. The van der Waals surface area contributed by atoms with Crippen molar-refractivity contribution in [2.45, 2.75) is 43.7 Å². The molecule has 1 aliphatic heterocycles. The first-order chi connectivity index (χ1) is 19.8. The number of amides is 2. The Kier molecular flexibility index (Phi) is 8.61. The monoisotopic (exact) mass is 589 g/mol. The summed E-state index contributed by atoms with van der Waals surface area (Å²) in [5.41, 5.74) is 2.37. The number of anilines is 1. The minimum Gasteiger partial charge on any atom is -0.355 e. The van der Waals surface area contributed by atoms with Crippen LogP contribution in [0, 0.1) is 0 Å². The van der Waals surface area contributed by atoms with Gasteiger partial charge in [0.05, 0.1) is 10.6 Å². The predicted molar refractivity (Wildman–Crippen MR) is 162 cm³/mol. The van der Waals surface area contributed by atoms with Crippen molar-refractivity contribution in [3.63, 3.8) is 0 Å². The van der Waals surface area contributed by atoms with E-state index < -0.39 is 16.1 Å². The summed E-state index contributed by atoms with van der Waals surface area (Å²) in [5.74, 6) is -0.472. The van der Waals surface area contributed by atoms with Gasteiger partial charge in [0.1, 0.15) is 6.04 Å². The van der Waals surface area contributed by atoms with E-state index in [1.54, 1.807) is 35.2 Å². The largest absolute Gasteiger partial charge is 0.355 e. The zero-order valence-corrected chi connectivity index (χ0v) is 24.4. The second-order valence-corrected chi connectivity index (χ2v) is 12.3. The van der Waals surface area contributed by atoms with Crippen molar-refractivity contribution in [2.24, 2.45) is 0 Å². The lowest BCUT2D eigenvalue weighted by Gasteiger charge is -2.32. The van der Waals surface area contributed by atoms with E-state index >= 15 is 0 Å². The molecule has 7 nitrogen and oxygen atoms in total. The normalized spacial score (nSPS) is 14.1. The molecule has 0 unspecified atom stereocenters. The van der Waals surface area contributed by atoms with Gasteiger partial charge in [-0.25, -0.2) is 8.42 Å². The molecule has 41 heavy (non-hydrogen) atoms. The number of nitrogens with one attached hydrogen (secondary N) is 1. The molecule has 0 fully saturated rings. The third-order valence-corrected chi connectivity index (χ3v) is 9.39. The van der Waals surface area contributed by atoms with Crippen molar-refractivity contribution in [2.75, 3.05) is 17.4 Å². The summed E-state index contributed by atoms with van der Waals surface area (Å²) in [4.78, 5) is 29.1. The molecule has 5 rings (SSSR count). The SMILES string of the molecule is CCNC(=O)[C@H](Cc1ccccc1)N(Cc1cccc(Cl)c1)C(=O)CCCN1c2cccc3cccc(c23)S1(=O)=O. The van der Waals surface area contributed by atoms with Gasteiger partial charge in [-0.15, -0.1) is 0 Å². The van der Waals surface area contributed by atoms with Crippen LogP contribution in [-0.2, 0) is 32.6 Å². The second-order valence-electron chi connectivity index (χ2n) is 10.1. The molecule has 1 aliphatic rings. The molecule has 1 N–H and O–H groups in total. The quantitative estimate of drug-likeness (QED) is 0.248. The van der Waals surface area contributed by atoms with Crippen molar-refractivity contribution in [3.8, 4) is 0 Å². The molecule has 1 heterocycles. The lowest BCUT2D eigenvalue weighted by molar-refractivity contribution is -0.141. The van der Waals surface area contributed by atoms with E-state index in [2.05, 4.69) is 5.32 Å². The molecule has 1 atom stereocenters. The molecule has 0 saturated carbocycles. The molecular weight excluding hydrogens is 558 g/mol. The van der Waals surface area contributed by atoms with Crippen LogP contribution in [0.3, 0.4) is 0 Å². The predicted octanol–water partition coefficient (Wildman–Crippen LogP) is 5.56. The van der Waals surface area contributed by atoms with Crippen molar-refractivity contribution < 1.29 is 18.0 Å². The Bertz CT molecular complexity index is 1670. The van der Waals surface area contributed by atoms with Crippen LogP contribution in [0.25, 0.3) is 10.8 Å². The molecule has 0 radical (unpaired) electrons. The number of carbonyl (C=O) groups excluding carboxylic acids is 2. The number of carbonyl (C=O) groups is 2. The lowest BCUT2D eigenvalue weighted by atomic mass is 10.0. The third kappa shape index (κ3) is 6.09. The molecule has 0 saturated heterocycles. The van der Waals surface area contributed by atoms with E-state index in [0.717, 1.165) is 16.5 Å². The smallest absolute Gasteiger partial charge is 0.265 e. The maximum absolute atomic E-state index is 13.9. The van der Waals surface area contributed by atoms with Crippen LogP contribution >= 0.6 is 11.6 Å². The van der Waals surface area contributed by atoms with Crippen LogP contribution in [0.4, 0.5) is 5.69 Å². The van der Waals surface area contributed by atoms with Gasteiger partial charge >= 0.3 is 0 Å².